The van der Waals surface area contributed by atoms with Crippen LogP contribution in [0, 0.1) is 0 Å². The molecule has 0 aromatic heterocycles. The van der Waals surface area contributed by atoms with Crippen molar-refractivity contribution in [3.63, 3.8) is 0 Å². The zero-order chi connectivity index (χ0) is 13.6. The summed E-state index contributed by atoms with van der Waals surface area (Å²) in [5.41, 5.74) is 0. The van der Waals surface area contributed by atoms with Crippen molar-refractivity contribution in [1.82, 2.24) is 0 Å². The van der Waals surface area contributed by atoms with E-state index in [4.69, 9.17) is 14.2 Å². The van der Waals surface area contributed by atoms with Gasteiger partial charge in [0.05, 0.1) is 32.3 Å². The Kier molecular flexibility index (Phi) is 296. The Morgan fingerprint density at radius 1 is 0.688 bits per heavy atom. The molecule has 0 aromatic rings. The van der Waals surface area contributed by atoms with Crippen LogP contribution in [0.15, 0.2) is 12.2 Å². The third-order valence-electron chi connectivity index (χ3n) is 2.41. The van der Waals surface area contributed by atoms with Gasteiger partial charge in [0, 0.05) is 7.11 Å². The van der Waals surface area contributed by atoms with Gasteiger partial charge in [0.1, 0.15) is 0 Å². The van der Waals surface area contributed by atoms with Crippen molar-refractivity contribution in [2.75, 3.05) is 26.9 Å². The highest BCUT2D eigenvalue weighted by Crippen LogP contribution is 2.05. The normalized spacial score (nSPS) is 7.22. The molecule has 4 heteroatoms. The molecule has 0 saturated carbocycles. The zero-order valence-corrected chi connectivity index (χ0v) is 11.8. The van der Waals surface area contributed by atoms with Crippen molar-refractivity contribution >= 4 is 5.97 Å². The Balaban J connectivity index is -0.0000000159. The van der Waals surface area contributed by atoms with Gasteiger partial charge in [0.2, 0.25) is 0 Å². The van der Waals surface area contributed by atoms with E-state index in [0.717, 1.165) is 19.3 Å². The first-order valence-electron chi connectivity index (χ1n) is 6.65. The molecule has 0 fully saturated rings. The summed E-state index contributed by atoms with van der Waals surface area (Å²) in [6.07, 6.45) is 7.00. The number of ether oxygens (including phenoxy) is 3. The van der Waals surface area contributed by atoms with Gasteiger partial charge in [-0.3, -0.25) is 4.79 Å². The molecule has 0 saturated heterocycles. The van der Waals surface area contributed by atoms with Crippen LogP contribution in [-0.2, 0) is 19.0 Å². The van der Waals surface area contributed by atoms with Crippen LogP contribution in [-0.4, -0.2) is 39.0 Å². The monoisotopic (exact) mass is 483 g/mol. The third-order valence-corrected chi connectivity index (χ3v) is 2.41. The van der Waals surface area contributed by atoms with E-state index < -0.39 is 0 Å². The first-order chi connectivity index (χ1) is 8.74. The molecular formula is C28H82O4. The van der Waals surface area contributed by atoms with E-state index in [-0.39, 0.29) is 116 Å². The van der Waals surface area contributed by atoms with E-state index in [9.17, 15) is 4.79 Å². The minimum Gasteiger partial charge on any atom is -0.465 e. The van der Waals surface area contributed by atoms with Crippen LogP contribution in [0.25, 0.3) is 0 Å². The average Bonchev–Trinajstić information content (AvgIpc) is 2.39. The molecule has 0 aliphatic heterocycles. The number of rotatable bonds is 11. The number of methoxy groups -OCH3 is 1. The minimum atomic E-state index is -0.165. The van der Waals surface area contributed by atoms with Gasteiger partial charge in [-0.05, 0) is 19.3 Å². The molecule has 0 amide bonds. The summed E-state index contributed by atoms with van der Waals surface area (Å²) >= 11 is 0. The number of carbonyl (C=O) groups is 1. The largest absolute Gasteiger partial charge is 0.465 e. The summed E-state index contributed by atoms with van der Waals surface area (Å²) < 4.78 is 15.5. The lowest BCUT2D eigenvalue weighted by molar-refractivity contribution is -0.142. The smallest absolute Gasteiger partial charge is 0.309 e. The topological polar surface area (TPSA) is 44.8 Å². The molecule has 1 atom stereocenters. The lowest BCUT2D eigenvalue weighted by atomic mass is 10.2. The SMILES string of the molecule is C.C.C.C.C.C.C.C.C.C.C.C.C.C.CCCOC(=O)CC=CCC(CC)OCCOC. The molecule has 218 valence electrons. The molecule has 0 aliphatic rings. The van der Waals surface area contributed by atoms with Crippen LogP contribution in [0.4, 0.5) is 0 Å². The van der Waals surface area contributed by atoms with Crippen LogP contribution in [0.2, 0.25) is 0 Å². The van der Waals surface area contributed by atoms with Gasteiger partial charge in [0.15, 0.2) is 0 Å². The van der Waals surface area contributed by atoms with Crippen molar-refractivity contribution < 1.29 is 19.0 Å². The quantitative estimate of drug-likeness (QED) is 0.167. The molecule has 0 aliphatic carbocycles. The molecule has 4 nitrogen and oxygen atoms in total. The van der Waals surface area contributed by atoms with Gasteiger partial charge in [-0.15, -0.1) is 0 Å². The van der Waals surface area contributed by atoms with Gasteiger partial charge in [-0.2, -0.15) is 0 Å². The molecular weight excluding hydrogens is 400 g/mol. The Labute approximate surface area is 213 Å². The predicted octanol–water partition coefficient (Wildman–Crippen LogP) is 11.6. The number of hydrogen-bond donors (Lipinski definition) is 0. The molecule has 0 heterocycles. The number of esters is 1. The van der Waals surface area contributed by atoms with Gasteiger partial charge in [0.25, 0.3) is 0 Å². The molecule has 0 N–H and O–H groups in total. The van der Waals surface area contributed by atoms with E-state index in [1.807, 2.05) is 19.1 Å². The maximum atomic E-state index is 11.2. The Hall–Kier alpha value is -0.870. The van der Waals surface area contributed by atoms with E-state index >= 15 is 0 Å². The van der Waals surface area contributed by atoms with E-state index in [1.54, 1.807) is 7.11 Å². The van der Waals surface area contributed by atoms with Gasteiger partial charge in [-0.1, -0.05) is 130 Å². The summed E-state index contributed by atoms with van der Waals surface area (Å²) in [4.78, 5) is 11.2. The third kappa shape index (κ3) is 78.6. The Morgan fingerprint density at radius 3 is 1.47 bits per heavy atom. The van der Waals surface area contributed by atoms with Gasteiger partial charge < -0.3 is 14.2 Å². The summed E-state index contributed by atoms with van der Waals surface area (Å²) in [6, 6.07) is 0. The van der Waals surface area contributed by atoms with Crippen molar-refractivity contribution in [2.24, 2.45) is 0 Å². The zero-order valence-electron chi connectivity index (χ0n) is 11.8. The fourth-order valence-electron chi connectivity index (χ4n) is 1.35. The molecule has 0 bridgehead atoms. The first-order valence-corrected chi connectivity index (χ1v) is 6.65. The fourth-order valence-corrected chi connectivity index (χ4v) is 1.35. The van der Waals surface area contributed by atoms with Crippen molar-refractivity contribution in [2.45, 2.75) is 150 Å². The van der Waals surface area contributed by atoms with E-state index in [2.05, 4.69) is 6.92 Å². The van der Waals surface area contributed by atoms with Crippen LogP contribution in [0.3, 0.4) is 0 Å². The summed E-state index contributed by atoms with van der Waals surface area (Å²) in [7, 11) is 1.66. The lowest BCUT2D eigenvalue weighted by Gasteiger charge is -2.13. The molecule has 0 radical (unpaired) electrons. The number of hydrogen-bond acceptors (Lipinski definition) is 4. The van der Waals surface area contributed by atoms with Crippen LogP contribution in [0.1, 0.15) is 144 Å². The lowest BCUT2D eigenvalue weighted by Crippen LogP contribution is -2.14. The van der Waals surface area contributed by atoms with Crippen LogP contribution in [0.5, 0.6) is 0 Å². The summed E-state index contributed by atoms with van der Waals surface area (Å²) in [6.45, 7) is 5.79. The second-order valence-electron chi connectivity index (χ2n) is 4.03. The maximum Gasteiger partial charge on any atom is 0.309 e. The highest BCUT2D eigenvalue weighted by Gasteiger charge is 2.04. The van der Waals surface area contributed by atoms with Crippen LogP contribution >= 0.6 is 0 Å². The van der Waals surface area contributed by atoms with Gasteiger partial charge >= 0.3 is 5.97 Å². The molecule has 32 heavy (non-hydrogen) atoms. The van der Waals surface area contributed by atoms with Crippen LogP contribution < -0.4 is 0 Å². The fraction of sp³-hybridized carbons (Fsp3) is 0.893. The highest BCUT2D eigenvalue weighted by molar-refractivity contribution is 5.71. The van der Waals surface area contributed by atoms with Gasteiger partial charge in [-0.25, -0.2) is 0 Å². The predicted molar refractivity (Wildman–Crippen MR) is 166 cm³/mol. The van der Waals surface area contributed by atoms with E-state index in [1.165, 1.54) is 0 Å². The Morgan fingerprint density at radius 2 is 1.12 bits per heavy atom. The maximum absolute atomic E-state index is 11.2. The second kappa shape index (κ2) is 87.1. The standard InChI is InChI=1S/C14H26O4.14CH4/c1-4-10-18-14(15)9-7-6-8-13(5-2)17-12-11-16-3;;;;;;;;;;;;;;/h6-7,13H,4-5,8-12H2,1-3H3;14*1H4. The molecule has 0 aromatic carbocycles. The highest BCUT2D eigenvalue weighted by atomic mass is 16.5. The summed E-state index contributed by atoms with van der Waals surface area (Å²) in [5.74, 6) is -0.165. The number of carbonyl (C=O) groups excluding carboxylic acids is 1. The average molecular weight is 483 g/mol. The second-order valence-corrected chi connectivity index (χ2v) is 4.03. The Bertz CT molecular complexity index is 229. The van der Waals surface area contributed by atoms with Crippen molar-refractivity contribution in [1.29, 1.82) is 0 Å². The van der Waals surface area contributed by atoms with Crippen molar-refractivity contribution in [3.05, 3.63) is 12.2 Å². The first kappa shape index (κ1) is 109. The van der Waals surface area contributed by atoms with Crippen molar-refractivity contribution in [3.8, 4) is 0 Å². The minimum absolute atomic E-state index is 0. The molecule has 1 unspecified atom stereocenters. The molecule has 0 rings (SSSR count). The molecule has 0 spiro atoms. The summed E-state index contributed by atoms with van der Waals surface area (Å²) in [5, 5.41) is 0. The van der Waals surface area contributed by atoms with E-state index in [0.29, 0.717) is 26.2 Å².